The van der Waals surface area contributed by atoms with E-state index in [0.717, 1.165) is 13.1 Å². The van der Waals surface area contributed by atoms with Gasteiger partial charge in [-0.05, 0) is 39.7 Å². The zero-order valence-corrected chi connectivity index (χ0v) is 12.0. The number of carbonyl (C=O) groups excluding carboxylic acids is 1. The van der Waals surface area contributed by atoms with E-state index in [-0.39, 0.29) is 11.6 Å². The van der Waals surface area contributed by atoms with E-state index in [1.165, 1.54) is 32.1 Å². The number of urea groups is 1. The normalized spacial score (nSPS) is 26.5. The Hall–Kier alpha value is -0.770. The van der Waals surface area contributed by atoms with Crippen molar-refractivity contribution in [3.8, 4) is 0 Å². The van der Waals surface area contributed by atoms with Crippen molar-refractivity contribution >= 4 is 6.03 Å². The molecule has 2 aliphatic rings. The summed E-state index contributed by atoms with van der Waals surface area (Å²) in [6.45, 7) is 5.97. The Kier molecular flexibility index (Phi) is 4.15. The smallest absolute Gasteiger partial charge is 0.318 e. The molecular weight excluding hydrogens is 226 g/mol. The molecule has 1 aliphatic heterocycles. The lowest BCUT2D eigenvalue weighted by Gasteiger charge is -2.35. The van der Waals surface area contributed by atoms with Crippen molar-refractivity contribution in [2.24, 2.45) is 5.92 Å². The maximum Gasteiger partial charge on any atom is 0.318 e. The van der Waals surface area contributed by atoms with Crippen molar-refractivity contribution in [1.82, 2.24) is 15.5 Å². The molecule has 1 saturated carbocycles. The number of amides is 2. The molecule has 2 fully saturated rings. The number of nitrogens with zero attached hydrogens (tertiary/aromatic N) is 1. The molecule has 1 atom stereocenters. The molecule has 0 bridgehead atoms. The Morgan fingerprint density at radius 2 is 2.00 bits per heavy atom. The van der Waals surface area contributed by atoms with Gasteiger partial charge >= 0.3 is 6.03 Å². The minimum atomic E-state index is -0.109. The molecule has 2 rings (SSSR count). The van der Waals surface area contributed by atoms with Crippen LogP contribution >= 0.6 is 0 Å². The van der Waals surface area contributed by atoms with Gasteiger partial charge in [-0.15, -0.1) is 0 Å². The standard InChI is InChI=1S/C14H27N3O/c1-14(2,10-15-3)17-9-12(16-13(17)18)11-7-5-4-6-8-11/h11-12,15H,4-10H2,1-3H3,(H,16,18). The average Bonchev–Trinajstić information content (AvgIpc) is 2.73. The third-order valence-corrected chi connectivity index (χ3v) is 4.49. The molecule has 0 spiro atoms. The van der Waals surface area contributed by atoms with Gasteiger partial charge in [0.05, 0.1) is 11.6 Å². The fourth-order valence-electron chi connectivity index (χ4n) is 3.42. The summed E-state index contributed by atoms with van der Waals surface area (Å²) in [5.41, 5.74) is -0.109. The molecule has 2 N–H and O–H groups in total. The first kappa shape index (κ1) is 13.7. The highest BCUT2D eigenvalue weighted by molar-refractivity contribution is 5.77. The molecule has 0 aromatic rings. The van der Waals surface area contributed by atoms with E-state index in [1.807, 2.05) is 11.9 Å². The van der Waals surface area contributed by atoms with Crippen molar-refractivity contribution in [2.45, 2.75) is 57.5 Å². The molecular formula is C14H27N3O. The van der Waals surface area contributed by atoms with Gasteiger partial charge in [0, 0.05) is 13.1 Å². The Labute approximate surface area is 110 Å². The van der Waals surface area contributed by atoms with Crippen LogP contribution in [0.2, 0.25) is 0 Å². The first-order valence-corrected chi connectivity index (χ1v) is 7.27. The van der Waals surface area contributed by atoms with Crippen LogP contribution in [0.15, 0.2) is 0 Å². The van der Waals surface area contributed by atoms with Crippen molar-refractivity contribution in [3.05, 3.63) is 0 Å². The number of hydrogen-bond acceptors (Lipinski definition) is 2. The van der Waals surface area contributed by atoms with Gasteiger partial charge in [0.25, 0.3) is 0 Å². The third-order valence-electron chi connectivity index (χ3n) is 4.49. The minimum absolute atomic E-state index is 0.109. The van der Waals surface area contributed by atoms with E-state index >= 15 is 0 Å². The second-order valence-corrected chi connectivity index (χ2v) is 6.41. The summed E-state index contributed by atoms with van der Waals surface area (Å²) in [6.07, 6.45) is 6.59. The second kappa shape index (κ2) is 5.47. The average molecular weight is 253 g/mol. The van der Waals surface area contributed by atoms with Crippen LogP contribution in [0.1, 0.15) is 46.0 Å². The van der Waals surface area contributed by atoms with Gasteiger partial charge in [-0.1, -0.05) is 19.3 Å². The lowest BCUT2D eigenvalue weighted by atomic mass is 9.84. The molecule has 0 aromatic heterocycles. The summed E-state index contributed by atoms with van der Waals surface area (Å²) >= 11 is 0. The summed E-state index contributed by atoms with van der Waals surface area (Å²) in [5.74, 6) is 0.693. The summed E-state index contributed by atoms with van der Waals surface area (Å²) in [6, 6.07) is 0.486. The topological polar surface area (TPSA) is 44.4 Å². The van der Waals surface area contributed by atoms with E-state index in [4.69, 9.17) is 0 Å². The van der Waals surface area contributed by atoms with Crippen LogP contribution in [0.4, 0.5) is 4.79 Å². The largest absolute Gasteiger partial charge is 0.333 e. The summed E-state index contributed by atoms with van der Waals surface area (Å²) in [7, 11) is 1.94. The van der Waals surface area contributed by atoms with E-state index in [0.29, 0.717) is 12.0 Å². The highest BCUT2D eigenvalue weighted by Gasteiger charge is 2.40. The maximum atomic E-state index is 12.1. The molecule has 4 nitrogen and oxygen atoms in total. The zero-order valence-electron chi connectivity index (χ0n) is 12.0. The van der Waals surface area contributed by atoms with E-state index in [2.05, 4.69) is 24.5 Å². The highest BCUT2D eigenvalue weighted by Crippen LogP contribution is 2.30. The summed E-state index contributed by atoms with van der Waals surface area (Å²) in [5, 5.41) is 6.38. The Morgan fingerprint density at radius 1 is 1.33 bits per heavy atom. The van der Waals surface area contributed by atoms with Crippen LogP contribution in [0.25, 0.3) is 0 Å². The van der Waals surface area contributed by atoms with Gasteiger partial charge in [0.2, 0.25) is 0 Å². The van der Waals surface area contributed by atoms with E-state index in [9.17, 15) is 4.79 Å². The molecule has 0 radical (unpaired) electrons. The van der Waals surface area contributed by atoms with Crippen molar-refractivity contribution in [2.75, 3.05) is 20.1 Å². The fraction of sp³-hybridized carbons (Fsp3) is 0.929. The van der Waals surface area contributed by atoms with Crippen LogP contribution in [0.5, 0.6) is 0 Å². The zero-order chi connectivity index (χ0) is 13.2. The van der Waals surface area contributed by atoms with Crippen LogP contribution in [0, 0.1) is 5.92 Å². The summed E-state index contributed by atoms with van der Waals surface area (Å²) in [4.78, 5) is 14.1. The van der Waals surface area contributed by atoms with Crippen molar-refractivity contribution in [1.29, 1.82) is 0 Å². The van der Waals surface area contributed by atoms with Crippen LogP contribution in [-0.2, 0) is 0 Å². The fourth-order valence-corrected chi connectivity index (χ4v) is 3.42. The molecule has 1 saturated heterocycles. The predicted octanol–water partition coefficient (Wildman–Crippen LogP) is 1.96. The minimum Gasteiger partial charge on any atom is -0.333 e. The number of hydrogen-bond donors (Lipinski definition) is 2. The SMILES string of the molecule is CNCC(C)(C)N1CC(C2CCCCC2)NC1=O. The lowest BCUT2D eigenvalue weighted by Crippen LogP contribution is -2.51. The monoisotopic (exact) mass is 253 g/mol. The summed E-state index contributed by atoms with van der Waals surface area (Å²) < 4.78 is 0. The number of rotatable bonds is 4. The van der Waals surface area contributed by atoms with Crippen molar-refractivity contribution in [3.63, 3.8) is 0 Å². The molecule has 1 unspecified atom stereocenters. The molecule has 1 heterocycles. The molecule has 2 amide bonds. The Morgan fingerprint density at radius 3 is 2.61 bits per heavy atom. The van der Waals surface area contributed by atoms with E-state index in [1.54, 1.807) is 0 Å². The maximum absolute atomic E-state index is 12.1. The predicted molar refractivity (Wildman–Crippen MR) is 73.6 cm³/mol. The lowest BCUT2D eigenvalue weighted by molar-refractivity contribution is 0.154. The van der Waals surface area contributed by atoms with Gasteiger partial charge < -0.3 is 15.5 Å². The molecule has 104 valence electrons. The van der Waals surface area contributed by atoms with E-state index < -0.39 is 0 Å². The number of nitrogens with one attached hydrogen (secondary N) is 2. The molecule has 1 aliphatic carbocycles. The quantitative estimate of drug-likeness (QED) is 0.804. The van der Waals surface area contributed by atoms with Crippen molar-refractivity contribution < 1.29 is 4.79 Å². The van der Waals surface area contributed by atoms with Crippen LogP contribution in [-0.4, -0.2) is 42.6 Å². The van der Waals surface area contributed by atoms with Crippen LogP contribution < -0.4 is 10.6 Å². The number of carbonyl (C=O) groups is 1. The number of likely N-dealkylation sites (N-methyl/N-ethyl adjacent to an activating group) is 1. The van der Waals surface area contributed by atoms with Crippen LogP contribution in [0.3, 0.4) is 0 Å². The Bertz CT molecular complexity index is 297. The van der Waals surface area contributed by atoms with Gasteiger partial charge in [0.15, 0.2) is 0 Å². The first-order valence-electron chi connectivity index (χ1n) is 7.27. The molecule has 0 aromatic carbocycles. The molecule has 18 heavy (non-hydrogen) atoms. The van der Waals surface area contributed by atoms with Gasteiger partial charge in [-0.25, -0.2) is 4.79 Å². The first-order chi connectivity index (χ1) is 8.54. The molecule has 4 heteroatoms. The third kappa shape index (κ3) is 2.79. The Balaban J connectivity index is 1.97. The van der Waals surface area contributed by atoms with Gasteiger partial charge in [-0.2, -0.15) is 0 Å². The van der Waals surface area contributed by atoms with Gasteiger partial charge in [-0.3, -0.25) is 0 Å². The van der Waals surface area contributed by atoms with Gasteiger partial charge in [0.1, 0.15) is 0 Å². The second-order valence-electron chi connectivity index (χ2n) is 6.41. The highest BCUT2D eigenvalue weighted by atomic mass is 16.2.